The number of methoxy groups -OCH3 is 1. The molecule has 1 fully saturated rings. The first-order chi connectivity index (χ1) is 11.5. The number of alkyl halides is 2. The van der Waals surface area contributed by atoms with E-state index in [4.69, 9.17) is 14.0 Å². The van der Waals surface area contributed by atoms with Crippen molar-refractivity contribution in [2.24, 2.45) is 0 Å². The van der Waals surface area contributed by atoms with Gasteiger partial charge in [-0.3, -0.25) is 0 Å². The second kappa shape index (κ2) is 6.57. The molecule has 0 amide bonds. The number of benzene rings is 1. The first kappa shape index (κ1) is 19.7. The van der Waals surface area contributed by atoms with Gasteiger partial charge in [-0.05, 0) is 52.8 Å². The monoisotopic (exact) mass is 356 g/mol. The summed E-state index contributed by atoms with van der Waals surface area (Å²) < 4.78 is 50.2. The Kier molecular flexibility index (Phi) is 5.17. The summed E-state index contributed by atoms with van der Waals surface area (Å²) in [5, 5.41) is 0. The van der Waals surface area contributed by atoms with Crippen LogP contribution in [0.15, 0.2) is 18.2 Å². The van der Waals surface area contributed by atoms with Crippen LogP contribution < -0.4 is 10.2 Å². The highest BCUT2D eigenvalue weighted by atomic mass is 19.3. The SMILES string of the molecule is CCOC(=O)C(F)(F)c1ccc(OC)c(B2OC(C)(C)C(C)(C)O2)c1. The summed E-state index contributed by atoms with van der Waals surface area (Å²) in [7, 11) is 0.533. The Morgan fingerprint density at radius 3 is 2.24 bits per heavy atom. The van der Waals surface area contributed by atoms with Crippen LogP contribution in [0.2, 0.25) is 0 Å². The van der Waals surface area contributed by atoms with E-state index in [1.165, 1.54) is 20.1 Å². The lowest BCUT2D eigenvalue weighted by Crippen LogP contribution is -2.41. The van der Waals surface area contributed by atoms with E-state index in [-0.39, 0.29) is 6.61 Å². The van der Waals surface area contributed by atoms with Crippen LogP contribution in [0.25, 0.3) is 0 Å². The molecule has 0 aromatic heterocycles. The second-order valence-corrected chi connectivity index (χ2v) is 6.84. The molecule has 0 aliphatic carbocycles. The minimum absolute atomic E-state index is 0.130. The number of esters is 1. The third kappa shape index (κ3) is 3.50. The molecule has 25 heavy (non-hydrogen) atoms. The lowest BCUT2D eigenvalue weighted by atomic mass is 9.77. The maximum absolute atomic E-state index is 14.3. The summed E-state index contributed by atoms with van der Waals surface area (Å²) in [4.78, 5) is 11.6. The van der Waals surface area contributed by atoms with Crippen molar-refractivity contribution in [3.8, 4) is 5.75 Å². The number of hydrogen-bond donors (Lipinski definition) is 0. The Morgan fingerprint density at radius 1 is 1.20 bits per heavy atom. The maximum Gasteiger partial charge on any atom is 0.498 e. The molecule has 0 N–H and O–H groups in total. The zero-order valence-corrected chi connectivity index (χ0v) is 15.3. The van der Waals surface area contributed by atoms with E-state index in [0.717, 1.165) is 12.1 Å². The minimum atomic E-state index is -3.78. The lowest BCUT2D eigenvalue weighted by Gasteiger charge is -2.32. The average molecular weight is 356 g/mol. The highest BCUT2D eigenvalue weighted by molar-refractivity contribution is 6.63. The third-order valence-electron chi connectivity index (χ3n) is 4.63. The van der Waals surface area contributed by atoms with Crippen molar-refractivity contribution >= 4 is 18.6 Å². The van der Waals surface area contributed by atoms with E-state index in [2.05, 4.69) is 4.74 Å². The van der Waals surface area contributed by atoms with Crippen LogP contribution in [-0.2, 0) is 24.8 Å². The van der Waals surface area contributed by atoms with Crippen molar-refractivity contribution in [3.05, 3.63) is 23.8 Å². The molecule has 1 aliphatic rings. The summed E-state index contributed by atoms with van der Waals surface area (Å²) in [5.41, 5.74) is -1.48. The predicted molar refractivity (Wildman–Crippen MR) is 89.2 cm³/mol. The molecule has 1 aliphatic heterocycles. The molecule has 1 aromatic rings. The van der Waals surface area contributed by atoms with Gasteiger partial charge in [-0.25, -0.2) is 4.79 Å². The summed E-state index contributed by atoms with van der Waals surface area (Å²) in [6.45, 7) is 8.77. The Labute approximate surface area is 146 Å². The molecule has 0 radical (unpaired) electrons. The Bertz CT molecular complexity index is 644. The summed E-state index contributed by atoms with van der Waals surface area (Å²) in [6, 6.07) is 3.66. The number of carbonyl (C=O) groups excluding carboxylic acids is 1. The van der Waals surface area contributed by atoms with Crippen LogP contribution in [0, 0.1) is 0 Å². The van der Waals surface area contributed by atoms with Crippen LogP contribution >= 0.6 is 0 Å². The van der Waals surface area contributed by atoms with Gasteiger partial charge in [-0.2, -0.15) is 8.78 Å². The normalized spacial score (nSPS) is 19.0. The topological polar surface area (TPSA) is 54.0 Å². The molecule has 138 valence electrons. The summed E-state index contributed by atoms with van der Waals surface area (Å²) in [5.74, 6) is -5.04. The smallest absolute Gasteiger partial charge is 0.497 e. The van der Waals surface area contributed by atoms with E-state index >= 15 is 0 Å². The van der Waals surface area contributed by atoms with E-state index in [9.17, 15) is 13.6 Å². The largest absolute Gasteiger partial charge is 0.498 e. The second-order valence-electron chi connectivity index (χ2n) is 6.84. The zero-order valence-electron chi connectivity index (χ0n) is 15.3. The van der Waals surface area contributed by atoms with Gasteiger partial charge in [0.25, 0.3) is 0 Å². The van der Waals surface area contributed by atoms with Crippen molar-refractivity contribution in [1.29, 1.82) is 0 Å². The molecule has 1 saturated heterocycles. The number of ether oxygens (including phenoxy) is 2. The molecular weight excluding hydrogens is 333 g/mol. The number of carbonyl (C=O) groups is 1. The number of rotatable bonds is 5. The van der Waals surface area contributed by atoms with Gasteiger partial charge in [0.2, 0.25) is 0 Å². The van der Waals surface area contributed by atoms with Crippen LogP contribution in [0.5, 0.6) is 5.75 Å². The van der Waals surface area contributed by atoms with E-state index in [1.807, 2.05) is 27.7 Å². The molecule has 0 saturated carbocycles. The van der Waals surface area contributed by atoms with E-state index in [0.29, 0.717) is 11.2 Å². The van der Waals surface area contributed by atoms with E-state index in [1.54, 1.807) is 0 Å². The molecule has 1 heterocycles. The van der Waals surface area contributed by atoms with Gasteiger partial charge >= 0.3 is 19.0 Å². The Morgan fingerprint density at radius 2 is 1.76 bits per heavy atom. The van der Waals surface area contributed by atoms with Gasteiger partial charge in [0.05, 0.1) is 24.9 Å². The van der Waals surface area contributed by atoms with Gasteiger partial charge in [0.15, 0.2) is 0 Å². The van der Waals surface area contributed by atoms with Crippen LogP contribution in [0.4, 0.5) is 8.78 Å². The standard InChI is InChI=1S/C17H23BF2O5/c1-7-23-14(21)17(19,20)11-8-9-13(22-6)12(10-11)18-24-15(2,3)16(4,5)25-18/h8-10H,7H2,1-6H3. The third-order valence-corrected chi connectivity index (χ3v) is 4.63. The molecule has 0 spiro atoms. The average Bonchev–Trinajstić information content (AvgIpc) is 2.74. The molecule has 8 heteroatoms. The summed E-state index contributed by atoms with van der Waals surface area (Å²) >= 11 is 0. The van der Waals surface area contributed by atoms with Gasteiger partial charge in [0.1, 0.15) is 5.75 Å². The Balaban J connectivity index is 2.44. The van der Waals surface area contributed by atoms with Crippen molar-refractivity contribution in [3.63, 3.8) is 0 Å². The molecule has 5 nitrogen and oxygen atoms in total. The van der Waals surface area contributed by atoms with Gasteiger partial charge in [0, 0.05) is 11.0 Å². The molecule has 0 atom stereocenters. The minimum Gasteiger partial charge on any atom is -0.497 e. The maximum atomic E-state index is 14.3. The number of hydrogen-bond acceptors (Lipinski definition) is 5. The van der Waals surface area contributed by atoms with Gasteiger partial charge in [-0.15, -0.1) is 0 Å². The highest BCUT2D eigenvalue weighted by Gasteiger charge is 2.53. The Hall–Kier alpha value is -1.67. The molecule has 0 bridgehead atoms. The van der Waals surface area contributed by atoms with Crippen LogP contribution in [0.1, 0.15) is 40.2 Å². The van der Waals surface area contributed by atoms with Crippen LogP contribution in [-0.4, -0.2) is 38.0 Å². The van der Waals surface area contributed by atoms with Crippen molar-refractivity contribution in [2.45, 2.75) is 51.7 Å². The van der Waals surface area contributed by atoms with E-state index < -0.39 is 35.8 Å². The molecule has 0 unspecified atom stereocenters. The lowest BCUT2D eigenvalue weighted by molar-refractivity contribution is -0.173. The quantitative estimate of drug-likeness (QED) is 0.600. The first-order valence-corrected chi connectivity index (χ1v) is 8.05. The highest BCUT2D eigenvalue weighted by Crippen LogP contribution is 2.38. The molecule has 2 rings (SSSR count). The molecule has 1 aromatic carbocycles. The van der Waals surface area contributed by atoms with Crippen molar-refractivity contribution in [2.75, 3.05) is 13.7 Å². The van der Waals surface area contributed by atoms with Gasteiger partial charge < -0.3 is 18.8 Å². The first-order valence-electron chi connectivity index (χ1n) is 8.05. The van der Waals surface area contributed by atoms with Crippen molar-refractivity contribution < 1.29 is 32.4 Å². The molecular formula is C17H23BF2O5. The summed E-state index contributed by atoms with van der Waals surface area (Å²) in [6.07, 6.45) is 0. The fourth-order valence-corrected chi connectivity index (χ4v) is 2.42. The predicted octanol–water partition coefficient (Wildman–Crippen LogP) is 2.65. The zero-order chi connectivity index (χ0) is 19.0. The van der Waals surface area contributed by atoms with Gasteiger partial charge in [-0.1, -0.05) is 0 Å². The fraction of sp³-hybridized carbons (Fsp3) is 0.588. The van der Waals surface area contributed by atoms with Crippen molar-refractivity contribution in [1.82, 2.24) is 0 Å². The van der Waals surface area contributed by atoms with Crippen LogP contribution in [0.3, 0.4) is 0 Å². The fourth-order valence-electron chi connectivity index (χ4n) is 2.42. The number of halogens is 2.